The Balaban J connectivity index is 2.21. The van der Waals surface area contributed by atoms with Crippen LogP contribution in [0.1, 0.15) is 27.7 Å². The normalized spacial score (nSPS) is 23.3. The van der Waals surface area contributed by atoms with Crippen molar-refractivity contribution < 1.29 is 47.6 Å². The minimum atomic E-state index is -1.13. The second kappa shape index (κ2) is 10.2. The molecule has 2 heterocycles. The molecule has 0 spiro atoms. The molecule has 0 aromatic heterocycles. The number of hydrogen-bond acceptors (Lipinski definition) is 10. The predicted molar refractivity (Wildman–Crippen MR) is 98.8 cm³/mol. The van der Waals surface area contributed by atoms with Crippen LogP contribution in [0.15, 0.2) is 0 Å². The standard InChI is InChI=1S/C18H28N2O10/c1-5-25-14(21)19-6-8-26-16(23)28-12(10-19)13-11-20(7-9-27-17(24)29-13)15(22)30-18(2,3)4/h12-13H,5-11H2,1-4H3. The number of rotatable bonds is 2. The van der Waals surface area contributed by atoms with E-state index in [-0.39, 0.29) is 46.0 Å². The van der Waals surface area contributed by atoms with Crippen molar-refractivity contribution in [3.63, 3.8) is 0 Å². The topological polar surface area (TPSA) is 130 Å². The Morgan fingerprint density at radius 2 is 1.40 bits per heavy atom. The third-order valence-electron chi connectivity index (χ3n) is 4.05. The summed E-state index contributed by atoms with van der Waals surface area (Å²) in [4.78, 5) is 51.0. The molecule has 0 N–H and O–H groups in total. The van der Waals surface area contributed by atoms with Gasteiger partial charge >= 0.3 is 24.5 Å². The minimum Gasteiger partial charge on any atom is -0.450 e. The van der Waals surface area contributed by atoms with Crippen molar-refractivity contribution in [1.82, 2.24) is 9.80 Å². The molecule has 0 radical (unpaired) electrons. The zero-order chi connectivity index (χ0) is 22.3. The number of nitrogens with zero attached hydrogens (tertiary/aromatic N) is 2. The number of carbonyl (C=O) groups excluding carboxylic acids is 4. The molecule has 2 aliphatic heterocycles. The Labute approximate surface area is 174 Å². The molecule has 2 saturated heterocycles. The van der Waals surface area contributed by atoms with Gasteiger partial charge in [0.2, 0.25) is 0 Å². The second-order valence-corrected chi connectivity index (χ2v) is 7.58. The summed E-state index contributed by atoms with van der Waals surface area (Å²) in [6.07, 6.45) is -5.51. The van der Waals surface area contributed by atoms with Gasteiger partial charge in [-0.2, -0.15) is 0 Å². The number of cyclic esters (lactones) is 4. The minimum absolute atomic E-state index is 0.0548. The van der Waals surface area contributed by atoms with Crippen LogP contribution in [-0.2, 0) is 28.4 Å². The first kappa shape index (κ1) is 23.4. The van der Waals surface area contributed by atoms with Gasteiger partial charge < -0.3 is 38.2 Å². The van der Waals surface area contributed by atoms with E-state index < -0.39 is 42.3 Å². The number of hydrogen-bond donors (Lipinski definition) is 0. The molecule has 0 saturated carbocycles. The average molecular weight is 432 g/mol. The Kier molecular flexibility index (Phi) is 7.95. The molecule has 12 nitrogen and oxygen atoms in total. The first-order chi connectivity index (χ1) is 14.1. The van der Waals surface area contributed by atoms with Gasteiger partial charge in [-0.05, 0) is 27.7 Å². The lowest BCUT2D eigenvalue weighted by molar-refractivity contribution is -0.0923. The van der Waals surface area contributed by atoms with E-state index in [0.717, 1.165) is 0 Å². The molecule has 0 aromatic carbocycles. The van der Waals surface area contributed by atoms with E-state index in [2.05, 4.69) is 0 Å². The lowest BCUT2D eigenvalue weighted by Gasteiger charge is -2.36. The lowest BCUT2D eigenvalue weighted by Crippen LogP contribution is -2.54. The summed E-state index contributed by atoms with van der Waals surface area (Å²) >= 11 is 0. The summed E-state index contributed by atoms with van der Waals surface area (Å²) in [5, 5.41) is 0. The van der Waals surface area contributed by atoms with Gasteiger partial charge in [0.05, 0.1) is 32.8 Å². The van der Waals surface area contributed by atoms with Gasteiger partial charge in [-0.15, -0.1) is 0 Å². The van der Waals surface area contributed by atoms with Gasteiger partial charge in [0, 0.05) is 0 Å². The fourth-order valence-corrected chi connectivity index (χ4v) is 2.74. The molecule has 2 fully saturated rings. The van der Waals surface area contributed by atoms with Crippen molar-refractivity contribution >= 4 is 24.5 Å². The zero-order valence-electron chi connectivity index (χ0n) is 17.6. The van der Waals surface area contributed by atoms with Crippen molar-refractivity contribution in [3.05, 3.63) is 0 Å². The van der Waals surface area contributed by atoms with Gasteiger partial charge in [-0.1, -0.05) is 0 Å². The van der Waals surface area contributed by atoms with E-state index in [0.29, 0.717) is 0 Å². The highest BCUT2D eigenvalue weighted by molar-refractivity contribution is 5.69. The van der Waals surface area contributed by atoms with Crippen LogP contribution in [0.2, 0.25) is 0 Å². The number of carbonyl (C=O) groups is 4. The van der Waals surface area contributed by atoms with E-state index in [1.165, 1.54) is 9.80 Å². The summed E-state index contributed by atoms with van der Waals surface area (Å²) in [6, 6.07) is 0. The van der Waals surface area contributed by atoms with Crippen LogP contribution in [-0.4, -0.2) is 98.1 Å². The van der Waals surface area contributed by atoms with E-state index in [1.807, 2.05) is 0 Å². The van der Waals surface area contributed by atoms with Crippen molar-refractivity contribution in [2.75, 3.05) is 46.0 Å². The van der Waals surface area contributed by atoms with E-state index >= 15 is 0 Å². The van der Waals surface area contributed by atoms with Crippen LogP contribution in [0.25, 0.3) is 0 Å². The van der Waals surface area contributed by atoms with E-state index in [9.17, 15) is 19.2 Å². The van der Waals surface area contributed by atoms with Gasteiger partial charge in [0.1, 0.15) is 18.8 Å². The first-order valence-corrected chi connectivity index (χ1v) is 9.65. The Hall–Kier alpha value is -2.92. The maximum atomic E-state index is 12.5. The van der Waals surface area contributed by atoms with Crippen LogP contribution in [0.4, 0.5) is 19.2 Å². The molecule has 2 amide bonds. The van der Waals surface area contributed by atoms with E-state index in [4.69, 9.17) is 28.4 Å². The fourth-order valence-electron chi connectivity index (χ4n) is 2.74. The predicted octanol–water partition coefficient (Wildman–Crippen LogP) is 1.75. The van der Waals surface area contributed by atoms with Crippen molar-refractivity contribution in [2.45, 2.75) is 45.5 Å². The maximum absolute atomic E-state index is 12.5. The molecule has 12 heteroatoms. The summed E-state index contributed by atoms with van der Waals surface area (Å²) < 4.78 is 30.7. The SMILES string of the molecule is CCOC(=O)N1CCOC(=O)OC(C2CN(C(=O)OC(C)(C)C)CCOC(=O)O2)C1. The largest absolute Gasteiger partial charge is 0.508 e. The Bertz CT molecular complexity index is 647. The highest BCUT2D eigenvalue weighted by Crippen LogP contribution is 2.18. The van der Waals surface area contributed by atoms with Crippen LogP contribution < -0.4 is 0 Å². The quantitative estimate of drug-likeness (QED) is 0.470. The van der Waals surface area contributed by atoms with Crippen LogP contribution in [0, 0.1) is 0 Å². The molecule has 2 unspecified atom stereocenters. The summed E-state index contributed by atoms with van der Waals surface area (Å²) in [7, 11) is 0. The highest BCUT2D eigenvalue weighted by atomic mass is 16.8. The highest BCUT2D eigenvalue weighted by Gasteiger charge is 2.38. The van der Waals surface area contributed by atoms with Gasteiger partial charge in [0.15, 0.2) is 12.2 Å². The molecule has 2 atom stereocenters. The summed E-state index contributed by atoms with van der Waals surface area (Å²) in [5.74, 6) is 0. The molecule has 0 aliphatic carbocycles. The zero-order valence-corrected chi connectivity index (χ0v) is 17.6. The van der Waals surface area contributed by atoms with Gasteiger partial charge in [0.25, 0.3) is 0 Å². The number of ether oxygens (including phenoxy) is 6. The third-order valence-corrected chi connectivity index (χ3v) is 4.05. The number of amides is 2. The van der Waals surface area contributed by atoms with E-state index in [1.54, 1.807) is 27.7 Å². The van der Waals surface area contributed by atoms with Gasteiger partial charge in [-0.3, -0.25) is 0 Å². The molecule has 30 heavy (non-hydrogen) atoms. The molecular formula is C18H28N2O10. The molecule has 2 rings (SSSR count). The smallest absolute Gasteiger partial charge is 0.450 e. The lowest BCUT2D eigenvalue weighted by atomic mass is 10.1. The van der Waals surface area contributed by atoms with Crippen molar-refractivity contribution in [1.29, 1.82) is 0 Å². The molecule has 0 aromatic rings. The summed E-state index contributed by atoms with van der Waals surface area (Å²) in [6.45, 7) is 6.64. The van der Waals surface area contributed by atoms with Crippen molar-refractivity contribution in [2.24, 2.45) is 0 Å². The average Bonchev–Trinajstić information content (AvgIpc) is 2.59. The molecule has 170 valence electrons. The monoisotopic (exact) mass is 432 g/mol. The summed E-state index contributed by atoms with van der Waals surface area (Å²) in [5.41, 5.74) is -0.742. The first-order valence-electron chi connectivity index (χ1n) is 9.65. The second-order valence-electron chi connectivity index (χ2n) is 7.58. The van der Waals surface area contributed by atoms with Crippen LogP contribution >= 0.6 is 0 Å². The van der Waals surface area contributed by atoms with Gasteiger partial charge in [-0.25, -0.2) is 19.2 Å². The third kappa shape index (κ3) is 7.16. The van der Waals surface area contributed by atoms with Crippen LogP contribution in [0.5, 0.6) is 0 Å². The Morgan fingerprint density at radius 1 is 0.933 bits per heavy atom. The molecule has 0 bridgehead atoms. The fraction of sp³-hybridized carbons (Fsp3) is 0.778. The molecular weight excluding hydrogens is 404 g/mol. The maximum Gasteiger partial charge on any atom is 0.508 e. The Morgan fingerprint density at radius 3 is 1.83 bits per heavy atom. The van der Waals surface area contributed by atoms with Crippen LogP contribution in [0.3, 0.4) is 0 Å². The van der Waals surface area contributed by atoms with Crippen molar-refractivity contribution in [3.8, 4) is 0 Å². The molecule has 2 aliphatic rings.